The number of likely N-dealkylation sites (tertiary alicyclic amines) is 1. The fraction of sp³-hybridized carbons (Fsp3) is 0.438. The maximum atomic E-state index is 11.2. The second-order valence-electron chi connectivity index (χ2n) is 5.78. The number of rotatable bonds is 6. The molecule has 4 N–H and O–H groups in total. The Labute approximate surface area is 135 Å². The van der Waals surface area contributed by atoms with Gasteiger partial charge in [0.05, 0.1) is 28.9 Å². The first-order valence-electron chi connectivity index (χ1n) is 7.62. The summed E-state index contributed by atoms with van der Waals surface area (Å²) in [7, 11) is 2.11. The number of nitrogens with one attached hydrogen (secondary N) is 3. The Kier molecular flexibility index (Phi) is 5.70. The largest absolute Gasteiger partial charge is 0.478 e. The third-order valence-corrected chi connectivity index (χ3v) is 3.91. The number of carboxylic acid groups (broad SMARTS) is 1. The molecule has 1 saturated heterocycles. The van der Waals surface area contributed by atoms with Gasteiger partial charge in [0.15, 0.2) is 0 Å². The van der Waals surface area contributed by atoms with Gasteiger partial charge in [-0.25, -0.2) is 4.79 Å². The number of hydrogen-bond acceptors (Lipinski definition) is 6. The normalized spacial score (nSPS) is 16.9. The van der Waals surface area contributed by atoms with Crippen molar-refractivity contribution in [1.82, 2.24) is 15.2 Å². The van der Waals surface area contributed by atoms with Crippen LogP contribution in [0.1, 0.15) is 30.1 Å². The highest BCUT2D eigenvalue weighted by Gasteiger charge is 2.16. The second-order valence-corrected chi connectivity index (χ2v) is 5.78. The Morgan fingerprint density at radius 2 is 2.17 bits per heavy atom. The average molecular weight is 317 g/mol. The molecule has 1 aliphatic heterocycles. The van der Waals surface area contributed by atoms with Gasteiger partial charge in [-0.05, 0) is 46.0 Å². The van der Waals surface area contributed by atoms with E-state index in [1.807, 2.05) is 0 Å². The molecule has 0 saturated carbocycles. The summed E-state index contributed by atoms with van der Waals surface area (Å²) in [4.78, 5) is 17.5. The van der Waals surface area contributed by atoms with Gasteiger partial charge in [0.25, 0.3) is 0 Å². The molecular weight excluding hydrogens is 294 g/mol. The van der Waals surface area contributed by atoms with Crippen LogP contribution in [0.25, 0.3) is 0 Å². The van der Waals surface area contributed by atoms with Crippen LogP contribution in [0.2, 0.25) is 0 Å². The SMILES string of the molecule is CC(=N)/C(=C\NC1CCN(C)CC1)Nc1cnccc1C(=O)O. The van der Waals surface area contributed by atoms with Crippen LogP contribution in [-0.2, 0) is 0 Å². The van der Waals surface area contributed by atoms with Crippen LogP contribution >= 0.6 is 0 Å². The Balaban J connectivity index is 2.08. The maximum absolute atomic E-state index is 11.2. The Morgan fingerprint density at radius 3 is 2.78 bits per heavy atom. The van der Waals surface area contributed by atoms with Crippen LogP contribution in [0.3, 0.4) is 0 Å². The van der Waals surface area contributed by atoms with Crippen LogP contribution < -0.4 is 10.6 Å². The molecule has 2 rings (SSSR count). The molecule has 1 aliphatic rings. The molecule has 7 nitrogen and oxygen atoms in total. The van der Waals surface area contributed by atoms with Crippen LogP contribution in [-0.4, -0.2) is 52.9 Å². The molecule has 0 aromatic carbocycles. The van der Waals surface area contributed by atoms with Crippen molar-refractivity contribution in [2.24, 2.45) is 0 Å². The molecule has 1 aromatic rings. The summed E-state index contributed by atoms with van der Waals surface area (Å²) < 4.78 is 0. The highest BCUT2D eigenvalue weighted by Crippen LogP contribution is 2.16. The van der Waals surface area contributed by atoms with Gasteiger partial charge in [0.2, 0.25) is 0 Å². The summed E-state index contributed by atoms with van der Waals surface area (Å²) in [6, 6.07) is 1.81. The van der Waals surface area contributed by atoms with Gasteiger partial charge >= 0.3 is 5.97 Å². The third kappa shape index (κ3) is 4.79. The average Bonchev–Trinajstić information content (AvgIpc) is 2.53. The number of anilines is 1. The molecule has 1 aromatic heterocycles. The second kappa shape index (κ2) is 7.73. The predicted octanol–water partition coefficient (Wildman–Crippen LogP) is 1.76. The summed E-state index contributed by atoms with van der Waals surface area (Å²) in [5.74, 6) is -1.03. The van der Waals surface area contributed by atoms with Gasteiger partial charge in [-0.1, -0.05) is 0 Å². The first kappa shape index (κ1) is 17.0. The van der Waals surface area contributed by atoms with E-state index in [1.54, 1.807) is 13.1 Å². The summed E-state index contributed by atoms with van der Waals surface area (Å²) in [6.07, 6.45) is 6.74. The molecule has 2 heterocycles. The number of carbonyl (C=O) groups is 1. The maximum Gasteiger partial charge on any atom is 0.337 e. The van der Waals surface area contributed by atoms with E-state index in [-0.39, 0.29) is 5.56 Å². The summed E-state index contributed by atoms with van der Waals surface area (Å²) in [5.41, 5.74) is 1.37. The molecule has 0 spiro atoms. The minimum atomic E-state index is -1.03. The monoisotopic (exact) mass is 317 g/mol. The summed E-state index contributed by atoms with van der Waals surface area (Å²) in [5, 5.41) is 23.4. The van der Waals surface area contributed by atoms with Gasteiger partial charge in [-0.2, -0.15) is 0 Å². The molecule has 0 radical (unpaired) electrons. The highest BCUT2D eigenvalue weighted by molar-refractivity contribution is 6.01. The Morgan fingerprint density at radius 1 is 1.48 bits per heavy atom. The van der Waals surface area contributed by atoms with E-state index in [2.05, 4.69) is 27.6 Å². The van der Waals surface area contributed by atoms with Crippen molar-refractivity contribution in [3.8, 4) is 0 Å². The van der Waals surface area contributed by atoms with Crippen LogP contribution in [0.15, 0.2) is 30.4 Å². The fourth-order valence-corrected chi connectivity index (χ4v) is 2.44. The molecule has 124 valence electrons. The standard InChI is InChI=1S/C16H23N5O2/c1-11(17)14(10-19-12-4-7-21(2)8-5-12)20-15-9-18-6-3-13(15)16(22)23/h3,6,9-10,12,17,19-20H,4-5,7-8H2,1-2H3,(H,22,23)/b14-10+,17-11?. The lowest BCUT2D eigenvalue weighted by atomic mass is 10.1. The van der Waals surface area contributed by atoms with Crippen LogP contribution in [0.4, 0.5) is 5.69 Å². The quantitative estimate of drug-likeness (QED) is 0.596. The van der Waals surface area contributed by atoms with Crippen molar-refractivity contribution < 1.29 is 9.90 Å². The zero-order valence-corrected chi connectivity index (χ0v) is 13.5. The van der Waals surface area contributed by atoms with Crippen LogP contribution in [0, 0.1) is 5.41 Å². The van der Waals surface area contributed by atoms with Gasteiger partial charge in [0, 0.05) is 18.4 Å². The topological polar surface area (TPSA) is 101 Å². The predicted molar refractivity (Wildman–Crippen MR) is 90.0 cm³/mol. The zero-order chi connectivity index (χ0) is 16.8. The molecule has 0 unspecified atom stereocenters. The number of piperidine rings is 1. The molecule has 0 bridgehead atoms. The first-order chi connectivity index (χ1) is 11.0. The Hall–Kier alpha value is -2.41. The van der Waals surface area contributed by atoms with Crippen molar-refractivity contribution >= 4 is 17.4 Å². The molecule has 0 aliphatic carbocycles. The minimum Gasteiger partial charge on any atom is -0.478 e. The van der Waals surface area contributed by atoms with Crippen LogP contribution in [0.5, 0.6) is 0 Å². The molecular formula is C16H23N5O2. The number of aromatic carboxylic acids is 1. The lowest BCUT2D eigenvalue weighted by molar-refractivity contribution is 0.0698. The van der Waals surface area contributed by atoms with Crippen molar-refractivity contribution in [2.75, 3.05) is 25.5 Å². The smallest absolute Gasteiger partial charge is 0.337 e. The number of pyridine rings is 1. The van der Waals surface area contributed by atoms with Crippen molar-refractivity contribution in [2.45, 2.75) is 25.8 Å². The van der Waals surface area contributed by atoms with Gasteiger partial charge in [-0.15, -0.1) is 0 Å². The molecule has 7 heteroatoms. The molecule has 23 heavy (non-hydrogen) atoms. The minimum absolute atomic E-state index is 0.131. The van der Waals surface area contributed by atoms with Gasteiger partial charge in [0.1, 0.15) is 0 Å². The van der Waals surface area contributed by atoms with E-state index in [9.17, 15) is 9.90 Å². The van der Waals surface area contributed by atoms with E-state index in [0.717, 1.165) is 25.9 Å². The van der Waals surface area contributed by atoms with E-state index < -0.39 is 5.97 Å². The fourth-order valence-electron chi connectivity index (χ4n) is 2.44. The van der Waals surface area contributed by atoms with Crippen molar-refractivity contribution in [1.29, 1.82) is 5.41 Å². The number of carboxylic acids is 1. The molecule has 1 fully saturated rings. The van der Waals surface area contributed by atoms with E-state index in [4.69, 9.17) is 5.41 Å². The number of allylic oxidation sites excluding steroid dienone is 1. The van der Waals surface area contributed by atoms with Gasteiger partial charge in [-0.3, -0.25) is 4.98 Å². The number of hydrogen-bond donors (Lipinski definition) is 4. The summed E-state index contributed by atoms with van der Waals surface area (Å²) >= 11 is 0. The summed E-state index contributed by atoms with van der Waals surface area (Å²) in [6.45, 7) is 3.75. The Bertz CT molecular complexity index is 606. The third-order valence-electron chi connectivity index (χ3n) is 3.91. The molecule has 0 amide bonds. The highest BCUT2D eigenvalue weighted by atomic mass is 16.4. The van der Waals surface area contributed by atoms with E-state index in [1.165, 1.54) is 18.5 Å². The van der Waals surface area contributed by atoms with Gasteiger partial charge < -0.3 is 26.0 Å². The number of nitrogens with zero attached hydrogens (tertiary/aromatic N) is 2. The van der Waals surface area contributed by atoms with Crippen molar-refractivity contribution in [3.05, 3.63) is 35.9 Å². The zero-order valence-electron chi connectivity index (χ0n) is 13.5. The lowest BCUT2D eigenvalue weighted by Crippen LogP contribution is -2.39. The molecule has 0 atom stereocenters. The number of aromatic nitrogens is 1. The van der Waals surface area contributed by atoms with E-state index in [0.29, 0.717) is 23.1 Å². The first-order valence-corrected chi connectivity index (χ1v) is 7.62. The van der Waals surface area contributed by atoms with Crippen molar-refractivity contribution in [3.63, 3.8) is 0 Å². The lowest BCUT2D eigenvalue weighted by Gasteiger charge is -2.29. The van der Waals surface area contributed by atoms with E-state index >= 15 is 0 Å².